The SMILES string of the molecule is CC(=O)OC[C@H]1O[C@@H](n2c[c]([Hg][Cl])c(=O)[nH]c2=O)[C@H](OC(C)=O)[C@@H]1OC(C)=O. The molecule has 1 N–H and O–H groups in total. The minimum atomic E-state index is -2.21. The number of aromatic amines is 1. The van der Waals surface area contributed by atoms with Crippen molar-refractivity contribution in [1.82, 2.24) is 9.55 Å². The van der Waals surface area contributed by atoms with E-state index in [2.05, 4.69) is 4.98 Å². The Bertz CT molecular complexity index is 883. The standard InChI is InChI=1S/C15H17N2O9.ClH.Hg/c1-7(18)23-6-10-12(24-8(2)19)13(25-9(3)20)14(26-10)17-5-4-11(21)16-15(17)22;;/h5,10,12-14H,6H2,1-3H3,(H,16,21,22);1H;/q;;+1/p-1/t10-,12-,13-,14-;;/m1../s1. The first-order chi connectivity index (χ1) is 13.1. The van der Waals surface area contributed by atoms with Gasteiger partial charge in [-0.2, -0.15) is 0 Å². The normalized spacial score (nSPS) is 23.6. The number of hydrogen-bond donors (Lipinski definition) is 1. The molecule has 13 heteroatoms. The van der Waals surface area contributed by atoms with E-state index in [4.69, 9.17) is 27.2 Å². The molecule has 0 aliphatic carbocycles. The van der Waals surface area contributed by atoms with Crippen LogP contribution in [0.4, 0.5) is 0 Å². The quantitative estimate of drug-likeness (QED) is 0.239. The fraction of sp³-hybridized carbons (Fsp3) is 0.533. The number of rotatable bonds is 6. The zero-order valence-electron chi connectivity index (χ0n) is 15.3. The molecule has 0 aromatic carbocycles. The molecule has 1 aromatic heterocycles. The molecule has 1 aromatic rings. The molecule has 11 nitrogen and oxygen atoms in total. The second-order valence-electron chi connectivity index (χ2n) is 5.97. The molecule has 150 valence electrons. The number of esters is 3. The van der Waals surface area contributed by atoms with E-state index in [-0.39, 0.29) is 6.61 Å². The van der Waals surface area contributed by atoms with Crippen LogP contribution in [0.3, 0.4) is 0 Å². The maximum absolute atomic E-state index is 12.3. The molecule has 0 radical (unpaired) electrons. The second kappa shape index (κ2) is 9.66. The molecule has 1 saturated heterocycles. The third-order valence-electron chi connectivity index (χ3n) is 3.80. The van der Waals surface area contributed by atoms with Gasteiger partial charge in [0.25, 0.3) is 0 Å². The molecule has 4 atom stereocenters. The van der Waals surface area contributed by atoms with E-state index in [1.807, 2.05) is 0 Å². The molecule has 0 bridgehead atoms. The summed E-state index contributed by atoms with van der Waals surface area (Å²) in [6.45, 7) is 3.16. The summed E-state index contributed by atoms with van der Waals surface area (Å²) in [5, 5.41) is 0. The Hall–Kier alpha value is -1.72. The summed E-state index contributed by atoms with van der Waals surface area (Å²) in [6.07, 6.45) is -3.34. The van der Waals surface area contributed by atoms with Crippen molar-refractivity contribution in [2.75, 3.05) is 6.61 Å². The first kappa shape index (κ1) is 22.6. The number of carbonyl (C=O) groups is 3. The molecule has 28 heavy (non-hydrogen) atoms. The van der Waals surface area contributed by atoms with Crippen molar-refractivity contribution >= 4 is 29.2 Å². The zero-order chi connectivity index (χ0) is 21.0. The molecule has 1 fully saturated rings. The maximum atomic E-state index is 12.3. The van der Waals surface area contributed by atoms with Crippen molar-refractivity contribution in [3.63, 3.8) is 0 Å². The number of halogens is 1. The third-order valence-corrected chi connectivity index (χ3v) is 9.40. The van der Waals surface area contributed by atoms with Crippen LogP contribution in [0.5, 0.6) is 0 Å². The van der Waals surface area contributed by atoms with Crippen molar-refractivity contribution in [3.05, 3.63) is 27.0 Å². The zero-order valence-corrected chi connectivity index (χ0v) is 21.6. The number of carbonyl (C=O) groups excluding carboxylic acids is 3. The first-order valence-electron chi connectivity index (χ1n) is 8.17. The van der Waals surface area contributed by atoms with Gasteiger partial charge in [-0.25, -0.2) is 0 Å². The number of aromatic nitrogens is 2. The van der Waals surface area contributed by atoms with E-state index in [1.165, 1.54) is 13.1 Å². The summed E-state index contributed by atoms with van der Waals surface area (Å²) in [7, 11) is 5.93. The van der Waals surface area contributed by atoms with Gasteiger partial charge in [0, 0.05) is 0 Å². The molecule has 0 unspecified atom stereocenters. The van der Waals surface area contributed by atoms with E-state index in [0.29, 0.717) is 3.07 Å². The van der Waals surface area contributed by atoms with Crippen molar-refractivity contribution in [3.8, 4) is 0 Å². The topological polar surface area (TPSA) is 143 Å². The van der Waals surface area contributed by atoms with E-state index in [9.17, 15) is 24.0 Å². The van der Waals surface area contributed by atoms with Crippen molar-refractivity contribution in [2.24, 2.45) is 0 Å². The molecule has 0 amide bonds. The molecule has 1 aliphatic rings. The third kappa shape index (κ3) is 5.42. The number of hydrogen-bond acceptors (Lipinski definition) is 9. The van der Waals surface area contributed by atoms with Gasteiger partial charge in [-0.1, -0.05) is 0 Å². The van der Waals surface area contributed by atoms with Gasteiger partial charge in [-0.3, -0.25) is 0 Å². The van der Waals surface area contributed by atoms with Crippen LogP contribution in [0.25, 0.3) is 0 Å². The first-order valence-corrected chi connectivity index (χ1v) is 17.7. The fourth-order valence-electron chi connectivity index (χ4n) is 2.73. The summed E-state index contributed by atoms with van der Waals surface area (Å²) in [5.74, 6) is -2.00. The van der Waals surface area contributed by atoms with E-state index < -0.39 is 77.0 Å². The van der Waals surface area contributed by atoms with E-state index in [0.717, 1.165) is 18.4 Å². The van der Waals surface area contributed by atoms with Crippen molar-refractivity contribution in [1.29, 1.82) is 0 Å². The molecular weight excluding hydrogens is 588 g/mol. The summed E-state index contributed by atoms with van der Waals surface area (Å²) in [6, 6.07) is 0. The van der Waals surface area contributed by atoms with Gasteiger partial charge in [0.1, 0.15) is 0 Å². The van der Waals surface area contributed by atoms with Crippen LogP contribution in [0.15, 0.2) is 15.8 Å². The van der Waals surface area contributed by atoms with E-state index >= 15 is 0 Å². The number of H-pyrrole nitrogens is 1. The number of nitrogens with zero attached hydrogens (tertiary/aromatic N) is 1. The average molecular weight is 605 g/mol. The summed E-state index contributed by atoms with van der Waals surface area (Å²) in [5.41, 5.74) is -1.39. The average Bonchev–Trinajstić information content (AvgIpc) is 2.89. The fourth-order valence-corrected chi connectivity index (χ4v) is 6.25. The van der Waals surface area contributed by atoms with Crippen LogP contribution in [-0.2, 0) is 56.7 Å². The van der Waals surface area contributed by atoms with Crippen LogP contribution >= 0.6 is 8.25 Å². The van der Waals surface area contributed by atoms with Crippen LogP contribution in [0, 0.1) is 0 Å². The molecule has 2 heterocycles. The Morgan fingerprint density at radius 1 is 1.14 bits per heavy atom. The predicted molar refractivity (Wildman–Crippen MR) is 88.5 cm³/mol. The summed E-state index contributed by atoms with van der Waals surface area (Å²) in [4.78, 5) is 60.5. The van der Waals surface area contributed by atoms with Crippen LogP contribution in [0.2, 0.25) is 0 Å². The molecule has 2 rings (SSSR count). The van der Waals surface area contributed by atoms with Gasteiger partial charge in [0.2, 0.25) is 0 Å². The van der Waals surface area contributed by atoms with Gasteiger partial charge >= 0.3 is 174 Å². The summed E-state index contributed by atoms with van der Waals surface area (Å²) >= 11 is -2.21. The second-order valence-corrected chi connectivity index (χ2v) is 12.3. The van der Waals surface area contributed by atoms with Gasteiger partial charge in [0.15, 0.2) is 0 Å². The molecular formula is C15H17ClHgN2O9. The number of nitrogens with one attached hydrogen (secondary N) is 1. The predicted octanol–water partition coefficient (Wildman–Crippen LogP) is -1.28. The van der Waals surface area contributed by atoms with Crippen LogP contribution in [0.1, 0.15) is 27.0 Å². The molecule has 1 aliphatic heterocycles. The van der Waals surface area contributed by atoms with Crippen molar-refractivity contribution < 1.29 is 56.7 Å². The monoisotopic (exact) mass is 606 g/mol. The van der Waals surface area contributed by atoms with Crippen LogP contribution < -0.4 is 14.3 Å². The van der Waals surface area contributed by atoms with Gasteiger partial charge in [-0.05, 0) is 0 Å². The van der Waals surface area contributed by atoms with Gasteiger partial charge in [0.05, 0.1) is 0 Å². The van der Waals surface area contributed by atoms with Gasteiger partial charge < -0.3 is 0 Å². The van der Waals surface area contributed by atoms with Crippen molar-refractivity contribution in [2.45, 2.75) is 45.3 Å². The Kier molecular flexibility index (Phi) is 7.78. The van der Waals surface area contributed by atoms with E-state index in [1.54, 1.807) is 0 Å². The Morgan fingerprint density at radius 3 is 2.29 bits per heavy atom. The summed E-state index contributed by atoms with van der Waals surface area (Å²) < 4.78 is 22.4. The van der Waals surface area contributed by atoms with Gasteiger partial charge in [-0.15, -0.1) is 0 Å². The van der Waals surface area contributed by atoms with Crippen LogP contribution in [-0.4, -0.2) is 52.4 Å². The number of ether oxygens (including phenoxy) is 4. The minimum absolute atomic E-state index is 0.291. The Balaban J connectivity index is 2.49. The molecule has 0 saturated carbocycles. The molecule has 0 spiro atoms. The Labute approximate surface area is 174 Å². The Morgan fingerprint density at radius 2 is 1.75 bits per heavy atom.